The van der Waals surface area contributed by atoms with Crippen molar-refractivity contribution in [1.82, 2.24) is 5.43 Å². The monoisotopic (exact) mass is 288 g/mol. The Hall–Kier alpha value is 0.320. The van der Waals surface area contributed by atoms with Gasteiger partial charge < -0.3 is 0 Å². The Morgan fingerprint density at radius 1 is 1.47 bits per heavy atom. The molecule has 0 aliphatic carbocycles. The van der Waals surface area contributed by atoms with Crippen LogP contribution in [-0.4, -0.2) is 27.5 Å². The number of thiophene rings is 1. The Morgan fingerprint density at radius 3 is 2.88 bits per heavy atom. The topological polar surface area (TPSA) is 38.0 Å². The van der Waals surface area contributed by atoms with E-state index in [4.69, 9.17) is 5.84 Å². The van der Waals surface area contributed by atoms with Crippen LogP contribution in [0.2, 0.25) is 0 Å². The predicted molar refractivity (Wildman–Crippen MR) is 81.9 cm³/mol. The summed E-state index contributed by atoms with van der Waals surface area (Å²) < 4.78 is 0. The minimum Gasteiger partial charge on any atom is -0.271 e. The van der Waals surface area contributed by atoms with Crippen LogP contribution in [-0.2, 0) is 6.42 Å². The van der Waals surface area contributed by atoms with E-state index in [9.17, 15) is 0 Å². The molecule has 3 N–H and O–H groups in total. The smallest absolute Gasteiger partial charge is 0.0378 e. The van der Waals surface area contributed by atoms with Crippen LogP contribution in [0, 0.1) is 0 Å². The maximum Gasteiger partial charge on any atom is 0.0378 e. The number of nitrogens with one attached hydrogen (secondary N) is 1. The fraction of sp³-hybridized carbons (Fsp3) is 0.667. The van der Waals surface area contributed by atoms with E-state index >= 15 is 0 Å². The molecule has 96 valence electrons. The van der Waals surface area contributed by atoms with Crippen LogP contribution in [0.4, 0.5) is 0 Å². The highest BCUT2D eigenvalue weighted by molar-refractivity contribution is 8.07. The maximum atomic E-state index is 5.73. The van der Waals surface area contributed by atoms with Crippen LogP contribution in [0.25, 0.3) is 0 Å². The van der Waals surface area contributed by atoms with E-state index in [-0.39, 0.29) is 0 Å². The van der Waals surface area contributed by atoms with Crippen molar-refractivity contribution in [3.8, 4) is 0 Å². The van der Waals surface area contributed by atoms with Gasteiger partial charge in [0.15, 0.2) is 0 Å². The molecule has 17 heavy (non-hydrogen) atoms. The SMILES string of the molecule is CC1SCC(C(Cc2ccsc2)NN)SC1C. The average Bonchev–Trinajstić information content (AvgIpc) is 2.82. The fourth-order valence-electron chi connectivity index (χ4n) is 1.98. The number of hydrogen-bond acceptors (Lipinski definition) is 5. The van der Waals surface area contributed by atoms with Crippen molar-refractivity contribution in [3.05, 3.63) is 22.4 Å². The highest BCUT2D eigenvalue weighted by atomic mass is 32.2. The van der Waals surface area contributed by atoms with Gasteiger partial charge in [0.1, 0.15) is 0 Å². The van der Waals surface area contributed by atoms with Gasteiger partial charge in [0.25, 0.3) is 0 Å². The van der Waals surface area contributed by atoms with Crippen LogP contribution in [0.5, 0.6) is 0 Å². The fourth-order valence-corrected chi connectivity index (χ4v) is 5.77. The predicted octanol–water partition coefficient (Wildman–Crippen LogP) is 2.75. The number of nitrogens with two attached hydrogens (primary N) is 1. The molecule has 5 heteroatoms. The van der Waals surface area contributed by atoms with Crippen molar-refractivity contribution in [1.29, 1.82) is 0 Å². The van der Waals surface area contributed by atoms with Gasteiger partial charge in [-0.15, -0.1) is 0 Å². The summed E-state index contributed by atoms with van der Waals surface area (Å²) in [5, 5.41) is 6.46. The van der Waals surface area contributed by atoms with E-state index in [0.29, 0.717) is 11.3 Å². The second kappa shape index (κ2) is 6.48. The molecule has 4 atom stereocenters. The molecular weight excluding hydrogens is 268 g/mol. The molecule has 1 aromatic rings. The number of rotatable bonds is 4. The molecule has 0 amide bonds. The minimum atomic E-state index is 0.386. The molecule has 1 saturated heterocycles. The van der Waals surface area contributed by atoms with Gasteiger partial charge in [0.2, 0.25) is 0 Å². The second-order valence-corrected chi connectivity index (χ2v) is 8.34. The summed E-state index contributed by atoms with van der Waals surface area (Å²) in [7, 11) is 0. The largest absolute Gasteiger partial charge is 0.271 e. The van der Waals surface area contributed by atoms with E-state index in [1.807, 2.05) is 0 Å². The van der Waals surface area contributed by atoms with Crippen molar-refractivity contribution in [2.45, 2.75) is 42.1 Å². The average molecular weight is 289 g/mol. The Bertz CT molecular complexity index is 329. The lowest BCUT2D eigenvalue weighted by Crippen LogP contribution is -2.47. The summed E-state index contributed by atoms with van der Waals surface area (Å²) in [4.78, 5) is 0. The standard InChI is InChI=1S/C12H20N2S3/c1-8-9(2)17-12(7-16-8)11(14-13)5-10-3-4-15-6-10/h3-4,6,8-9,11-12,14H,5,7,13H2,1-2H3. The van der Waals surface area contributed by atoms with Crippen molar-refractivity contribution in [3.63, 3.8) is 0 Å². The summed E-state index contributed by atoms with van der Waals surface area (Å²) in [6.45, 7) is 4.65. The van der Waals surface area contributed by atoms with Gasteiger partial charge in [-0.3, -0.25) is 11.3 Å². The first-order chi connectivity index (χ1) is 8.20. The van der Waals surface area contributed by atoms with E-state index in [1.54, 1.807) is 11.3 Å². The Morgan fingerprint density at radius 2 is 2.29 bits per heavy atom. The first-order valence-electron chi connectivity index (χ1n) is 5.95. The third-order valence-electron chi connectivity index (χ3n) is 3.27. The van der Waals surface area contributed by atoms with Crippen molar-refractivity contribution in [2.75, 3.05) is 5.75 Å². The third-order valence-corrected chi connectivity index (χ3v) is 7.56. The summed E-state index contributed by atoms with van der Waals surface area (Å²) in [6.07, 6.45) is 1.04. The van der Waals surface area contributed by atoms with Crippen LogP contribution in [0.15, 0.2) is 16.8 Å². The molecule has 1 aromatic heterocycles. The first kappa shape index (κ1) is 13.7. The molecule has 4 unspecified atom stereocenters. The molecule has 2 rings (SSSR count). The maximum absolute atomic E-state index is 5.73. The quantitative estimate of drug-likeness (QED) is 0.660. The van der Waals surface area contributed by atoms with E-state index in [1.165, 1.54) is 11.3 Å². The molecular formula is C12H20N2S3. The highest BCUT2D eigenvalue weighted by Crippen LogP contribution is 2.37. The zero-order valence-electron chi connectivity index (χ0n) is 10.3. The molecule has 0 aromatic carbocycles. The number of hydrogen-bond donors (Lipinski definition) is 2. The van der Waals surface area contributed by atoms with Gasteiger partial charge >= 0.3 is 0 Å². The molecule has 0 bridgehead atoms. The summed E-state index contributed by atoms with van der Waals surface area (Å²) in [5.74, 6) is 6.93. The Labute approximate surface area is 116 Å². The van der Waals surface area contributed by atoms with Gasteiger partial charge in [-0.05, 0) is 28.8 Å². The van der Waals surface area contributed by atoms with Crippen LogP contribution in [0.1, 0.15) is 19.4 Å². The lowest BCUT2D eigenvalue weighted by atomic mass is 10.1. The first-order valence-corrected chi connectivity index (χ1v) is 8.88. The summed E-state index contributed by atoms with van der Waals surface area (Å²) in [6, 6.07) is 2.58. The lowest BCUT2D eigenvalue weighted by molar-refractivity contribution is 0.521. The zero-order chi connectivity index (χ0) is 12.3. The van der Waals surface area contributed by atoms with Gasteiger partial charge in [-0.25, -0.2) is 0 Å². The van der Waals surface area contributed by atoms with Crippen molar-refractivity contribution in [2.24, 2.45) is 5.84 Å². The summed E-state index contributed by atoms with van der Waals surface area (Å²) >= 11 is 5.92. The normalized spacial score (nSPS) is 31.4. The lowest BCUT2D eigenvalue weighted by Gasteiger charge is -2.35. The highest BCUT2D eigenvalue weighted by Gasteiger charge is 2.30. The van der Waals surface area contributed by atoms with Crippen molar-refractivity contribution >= 4 is 34.9 Å². The van der Waals surface area contributed by atoms with Gasteiger partial charge in [0, 0.05) is 27.5 Å². The Kier molecular flexibility index (Phi) is 5.24. The summed E-state index contributed by atoms with van der Waals surface area (Å²) in [5.41, 5.74) is 4.41. The van der Waals surface area contributed by atoms with Gasteiger partial charge in [-0.2, -0.15) is 34.9 Å². The molecule has 1 aliphatic rings. The van der Waals surface area contributed by atoms with Crippen LogP contribution >= 0.6 is 34.9 Å². The Balaban J connectivity index is 1.94. The van der Waals surface area contributed by atoms with Crippen LogP contribution in [0.3, 0.4) is 0 Å². The van der Waals surface area contributed by atoms with Gasteiger partial charge in [0.05, 0.1) is 0 Å². The molecule has 0 saturated carbocycles. The molecule has 1 fully saturated rings. The van der Waals surface area contributed by atoms with E-state index in [0.717, 1.165) is 16.9 Å². The van der Waals surface area contributed by atoms with Crippen LogP contribution < -0.4 is 11.3 Å². The molecule has 2 heterocycles. The van der Waals surface area contributed by atoms with E-state index in [2.05, 4.69) is 59.6 Å². The second-order valence-electron chi connectivity index (χ2n) is 4.53. The zero-order valence-corrected chi connectivity index (χ0v) is 12.7. The number of hydrazine groups is 1. The molecule has 0 spiro atoms. The molecule has 1 aliphatic heterocycles. The van der Waals surface area contributed by atoms with E-state index < -0.39 is 0 Å². The number of thioether (sulfide) groups is 2. The molecule has 0 radical (unpaired) electrons. The third kappa shape index (κ3) is 3.64. The van der Waals surface area contributed by atoms with Crippen molar-refractivity contribution < 1.29 is 0 Å². The minimum absolute atomic E-state index is 0.386. The molecule has 2 nitrogen and oxygen atoms in total. The van der Waals surface area contributed by atoms with Gasteiger partial charge in [-0.1, -0.05) is 13.8 Å².